The molecule has 0 unspecified atom stereocenters. The lowest BCUT2D eigenvalue weighted by Crippen LogP contribution is -2.34. The summed E-state index contributed by atoms with van der Waals surface area (Å²) in [5.41, 5.74) is 3.66. The minimum absolute atomic E-state index is 0.214. The number of rotatable bonds is 6. The smallest absolute Gasteiger partial charge is 0.321 e. The number of anilines is 1. The third-order valence-electron chi connectivity index (χ3n) is 4.12. The molecule has 0 radical (unpaired) electrons. The highest BCUT2D eigenvalue weighted by Gasteiger charge is 2.11. The van der Waals surface area contributed by atoms with E-state index in [9.17, 15) is 4.79 Å². The van der Waals surface area contributed by atoms with Gasteiger partial charge in [0.1, 0.15) is 18.7 Å². The third-order valence-corrected chi connectivity index (χ3v) is 4.12. The van der Waals surface area contributed by atoms with Crippen molar-refractivity contribution in [3.05, 3.63) is 59.9 Å². The maximum Gasteiger partial charge on any atom is 0.321 e. The third kappa shape index (κ3) is 4.81. The van der Waals surface area contributed by atoms with E-state index in [-0.39, 0.29) is 6.03 Å². The van der Waals surface area contributed by atoms with Crippen molar-refractivity contribution in [3.8, 4) is 11.4 Å². The first-order valence-corrected chi connectivity index (χ1v) is 8.58. The lowest BCUT2D eigenvalue weighted by molar-refractivity contribution is 0.207. The Hall–Kier alpha value is -3.42. The number of hydrogen-bond acceptors (Lipinski definition) is 5. The first-order valence-electron chi connectivity index (χ1n) is 8.58. The van der Waals surface area contributed by atoms with Gasteiger partial charge < -0.3 is 15.0 Å². The summed E-state index contributed by atoms with van der Waals surface area (Å²) in [6.07, 6.45) is 1.52. The molecule has 0 atom stereocenters. The highest BCUT2D eigenvalue weighted by molar-refractivity contribution is 5.89. The largest absolute Gasteiger partial charge is 0.492 e. The fourth-order valence-corrected chi connectivity index (χ4v) is 2.46. The molecule has 8 heteroatoms. The van der Waals surface area contributed by atoms with Crippen LogP contribution < -0.4 is 10.1 Å². The minimum atomic E-state index is -0.214. The Kier molecular flexibility index (Phi) is 5.65. The number of amides is 2. The second-order valence-corrected chi connectivity index (χ2v) is 6.27. The molecule has 0 saturated carbocycles. The summed E-state index contributed by atoms with van der Waals surface area (Å²) >= 11 is 0. The summed E-state index contributed by atoms with van der Waals surface area (Å²) in [6, 6.07) is 13.2. The molecule has 1 aromatic heterocycles. The minimum Gasteiger partial charge on any atom is -0.492 e. The van der Waals surface area contributed by atoms with E-state index in [2.05, 4.69) is 20.8 Å². The predicted molar refractivity (Wildman–Crippen MR) is 102 cm³/mol. The van der Waals surface area contributed by atoms with Crippen molar-refractivity contribution in [2.24, 2.45) is 0 Å². The summed E-state index contributed by atoms with van der Waals surface area (Å²) in [6.45, 7) is 4.86. The van der Waals surface area contributed by atoms with Crippen LogP contribution in [0.15, 0.2) is 48.8 Å². The molecule has 0 aliphatic rings. The predicted octanol–water partition coefficient (Wildman–Crippen LogP) is 2.82. The van der Waals surface area contributed by atoms with Crippen LogP contribution in [0.4, 0.5) is 10.5 Å². The molecular formula is C19H22N6O2. The summed E-state index contributed by atoms with van der Waals surface area (Å²) < 4.78 is 7.23. The van der Waals surface area contributed by atoms with Gasteiger partial charge in [0.15, 0.2) is 0 Å². The van der Waals surface area contributed by atoms with E-state index >= 15 is 0 Å². The van der Waals surface area contributed by atoms with Gasteiger partial charge in [-0.1, -0.05) is 23.8 Å². The molecular weight excluding hydrogens is 344 g/mol. The van der Waals surface area contributed by atoms with Crippen molar-refractivity contribution >= 4 is 11.7 Å². The van der Waals surface area contributed by atoms with Gasteiger partial charge in [-0.2, -0.15) is 0 Å². The van der Waals surface area contributed by atoms with Gasteiger partial charge in [-0.3, -0.25) is 0 Å². The molecule has 0 aliphatic carbocycles. The van der Waals surface area contributed by atoms with Gasteiger partial charge in [-0.25, -0.2) is 9.48 Å². The second kappa shape index (κ2) is 8.31. The maximum absolute atomic E-state index is 12.4. The number of aryl methyl sites for hydroxylation is 2. The second-order valence-electron chi connectivity index (χ2n) is 6.27. The monoisotopic (exact) mass is 366 g/mol. The zero-order valence-corrected chi connectivity index (χ0v) is 15.6. The molecule has 0 spiro atoms. The Morgan fingerprint density at radius 3 is 2.67 bits per heavy atom. The molecule has 2 aromatic carbocycles. The number of carbonyl (C=O) groups excluding carboxylic acids is 1. The van der Waals surface area contributed by atoms with Gasteiger partial charge >= 0.3 is 6.03 Å². The molecule has 0 fully saturated rings. The lowest BCUT2D eigenvalue weighted by atomic mass is 10.2. The Morgan fingerprint density at radius 2 is 1.96 bits per heavy atom. The molecule has 3 rings (SSSR count). The number of ether oxygens (including phenoxy) is 1. The molecule has 8 nitrogen and oxygen atoms in total. The van der Waals surface area contributed by atoms with Crippen LogP contribution in [0.3, 0.4) is 0 Å². The van der Waals surface area contributed by atoms with Crippen LogP contribution in [0.2, 0.25) is 0 Å². The van der Waals surface area contributed by atoms with E-state index in [1.165, 1.54) is 11.9 Å². The summed E-state index contributed by atoms with van der Waals surface area (Å²) in [5, 5.41) is 14.1. The van der Waals surface area contributed by atoms with E-state index in [0.29, 0.717) is 18.8 Å². The van der Waals surface area contributed by atoms with E-state index in [4.69, 9.17) is 4.74 Å². The van der Waals surface area contributed by atoms with E-state index in [1.54, 1.807) is 16.6 Å². The van der Waals surface area contributed by atoms with Crippen LogP contribution in [0, 0.1) is 13.8 Å². The molecule has 2 amide bonds. The first-order chi connectivity index (χ1) is 13.0. The number of tetrazole rings is 1. The maximum atomic E-state index is 12.4. The van der Waals surface area contributed by atoms with Crippen LogP contribution >= 0.6 is 0 Å². The molecule has 0 saturated heterocycles. The van der Waals surface area contributed by atoms with Gasteiger partial charge in [0.05, 0.1) is 12.2 Å². The number of benzene rings is 2. The Labute approximate surface area is 157 Å². The molecule has 3 aromatic rings. The zero-order chi connectivity index (χ0) is 19.2. The quantitative estimate of drug-likeness (QED) is 0.725. The SMILES string of the molecule is Cc1ccc(OCCN(C)C(=O)Nc2ccc(C)c(-n3cnnn3)c2)cc1. The van der Waals surface area contributed by atoms with Crippen molar-refractivity contribution in [2.45, 2.75) is 13.8 Å². The zero-order valence-electron chi connectivity index (χ0n) is 15.6. The number of nitrogens with zero attached hydrogens (tertiary/aromatic N) is 5. The normalized spacial score (nSPS) is 10.5. The number of likely N-dealkylation sites (N-methyl/N-ethyl adjacent to an activating group) is 1. The number of urea groups is 1. The fraction of sp³-hybridized carbons (Fsp3) is 0.263. The molecule has 0 bridgehead atoms. The number of hydrogen-bond donors (Lipinski definition) is 1. The van der Waals surface area contributed by atoms with Gasteiger partial charge in [0, 0.05) is 12.7 Å². The lowest BCUT2D eigenvalue weighted by Gasteiger charge is -2.19. The average Bonchev–Trinajstić information content (AvgIpc) is 3.19. The van der Waals surface area contributed by atoms with Crippen molar-refractivity contribution < 1.29 is 9.53 Å². The fourth-order valence-electron chi connectivity index (χ4n) is 2.46. The van der Waals surface area contributed by atoms with E-state index < -0.39 is 0 Å². The van der Waals surface area contributed by atoms with Crippen molar-refractivity contribution in [3.63, 3.8) is 0 Å². The van der Waals surface area contributed by atoms with Crippen molar-refractivity contribution in [1.82, 2.24) is 25.1 Å². The Balaban J connectivity index is 1.55. The van der Waals surface area contributed by atoms with Gasteiger partial charge in [0.25, 0.3) is 0 Å². The van der Waals surface area contributed by atoms with Crippen LogP contribution in [0.5, 0.6) is 5.75 Å². The molecule has 1 N–H and O–H groups in total. The van der Waals surface area contributed by atoms with Gasteiger partial charge in [-0.05, 0) is 54.1 Å². The summed E-state index contributed by atoms with van der Waals surface area (Å²) in [4.78, 5) is 14.0. The first kappa shape index (κ1) is 18.4. The number of carbonyl (C=O) groups is 1. The number of aromatic nitrogens is 4. The van der Waals surface area contributed by atoms with Crippen LogP contribution in [0.1, 0.15) is 11.1 Å². The Bertz CT molecular complexity index is 893. The highest BCUT2D eigenvalue weighted by atomic mass is 16.5. The number of nitrogens with one attached hydrogen (secondary N) is 1. The molecule has 140 valence electrons. The average molecular weight is 366 g/mol. The molecule has 0 aliphatic heterocycles. The molecule has 27 heavy (non-hydrogen) atoms. The van der Waals surface area contributed by atoms with Crippen LogP contribution in [-0.2, 0) is 0 Å². The topological polar surface area (TPSA) is 85.2 Å². The van der Waals surface area contributed by atoms with Crippen molar-refractivity contribution in [1.29, 1.82) is 0 Å². The highest BCUT2D eigenvalue weighted by Crippen LogP contribution is 2.18. The summed E-state index contributed by atoms with van der Waals surface area (Å²) in [5.74, 6) is 0.791. The Morgan fingerprint density at radius 1 is 1.19 bits per heavy atom. The van der Waals surface area contributed by atoms with E-state index in [1.807, 2.05) is 56.3 Å². The van der Waals surface area contributed by atoms with Crippen LogP contribution in [-0.4, -0.2) is 51.3 Å². The van der Waals surface area contributed by atoms with Gasteiger partial charge in [0.2, 0.25) is 0 Å². The van der Waals surface area contributed by atoms with Gasteiger partial charge in [-0.15, -0.1) is 5.10 Å². The molecule has 1 heterocycles. The van der Waals surface area contributed by atoms with E-state index in [0.717, 1.165) is 17.0 Å². The van der Waals surface area contributed by atoms with Crippen molar-refractivity contribution in [2.75, 3.05) is 25.5 Å². The van der Waals surface area contributed by atoms with Crippen LogP contribution in [0.25, 0.3) is 5.69 Å². The standard InChI is InChI=1S/C19H22N6O2/c1-14-4-8-17(9-5-14)27-11-10-24(3)19(26)21-16-7-6-15(2)18(12-16)25-13-20-22-23-25/h4-9,12-13H,10-11H2,1-3H3,(H,21,26). The summed E-state index contributed by atoms with van der Waals surface area (Å²) in [7, 11) is 1.73.